The normalized spacial score (nSPS) is 9.60. The summed E-state index contributed by atoms with van der Waals surface area (Å²) in [7, 11) is 1.79. The largest absolute Gasteiger partial charge is 0.340 e. The zero-order chi connectivity index (χ0) is 11.9. The number of unbranched alkanes of at least 4 members (excludes halogenated alkanes) is 4. The highest BCUT2D eigenvalue weighted by Crippen LogP contribution is 2.03. The molecule has 0 unspecified atom stereocenters. The molecule has 0 rings (SSSR count). The zero-order valence-corrected chi connectivity index (χ0v) is 11.0. The molecule has 0 heterocycles. The van der Waals surface area contributed by atoms with E-state index in [-0.39, 0.29) is 0 Å². The minimum atomic E-state index is 1.05. The fraction of sp³-hybridized carbons (Fsp3) is 0.769. The Morgan fingerprint density at radius 1 is 1.13 bits per heavy atom. The van der Waals surface area contributed by atoms with Crippen molar-refractivity contribution in [3.05, 3.63) is 12.8 Å². The van der Waals surface area contributed by atoms with Crippen LogP contribution in [0, 0.1) is 0 Å². The predicted octanol–water partition coefficient (Wildman–Crippen LogP) is 4.09. The van der Waals surface area contributed by atoms with E-state index in [1.807, 2.05) is 31.3 Å². The molecule has 0 spiro atoms. The highest BCUT2D eigenvalue weighted by Gasteiger charge is 1.93. The fourth-order valence-electron chi connectivity index (χ4n) is 1.24. The molecule has 0 aliphatic carbocycles. The fourth-order valence-corrected chi connectivity index (χ4v) is 1.24. The number of hydrogen-bond acceptors (Lipinski definition) is 1. The summed E-state index contributed by atoms with van der Waals surface area (Å²) in [5.41, 5.74) is 0. The maximum Gasteiger partial charge on any atom is 0.0885 e. The Labute approximate surface area is 96.1 Å². The lowest BCUT2D eigenvalue weighted by molar-refractivity contribution is 0.514. The van der Waals surface area contributed by atoms with Crippen LogP contribution in [-0.2, 0) is 0 Å². The molecule has 0 bridgehead atoms. The van der Waals surface area contributed by atoms with Gasteiger partial charge in [-0.25, -0.2) is 0 Å². The van der Waals surface area contributed by atoms with Crippen LogP contribution < -0.4 is 0 Å². The van der Waals surface area contributed by atoms with Gasteiger partial charge in [0, 0.05) is 13.6 Å². The molecule has 0 aliphatic heterocycles. The second-order valence-corrected chi connectivity index (χ2v) is 3.21. The van der Waals surface area contributed by atoms with Crippen molar-refractivity contribution in [2.45, 2.75) is 52.9 Å². The molecule has 0 aliphatic rings. The van der Waals surface area contributed by atoms with Gasteiger partial charge in [-0.2, -0.15) is 0 Å². The standard InChI is InChI=1S/C11H22N2.C2H6/c1-4-6-7-8-9-10-13(5-2)11-12-3;1-2/h5,11H,2,4,6-10H2,1,3H3;1-2H3. The van der Waals surface area contributed by atoms with E-state index in [0.717, 1.165) is 6.54 Å². The molecule has 2 nitrogen and oxygen atoms in total. The second-order valence-electron chi connectivity index (χ2n) is 3.21. The van der Waals surface area contributed by atoms with Crippen molar-refractivity contribution in [1.82, 2.24) is 4.90 Å². The third-order valence-corrected chi connectivity index (χ3v) is 2.02. The molecule has 0 fully saturated rings. The number of aliphatic imine (C=N–C) groups is 1. The monoisotopic (exact) mass is 212 g/mol. The number of hydrogen-bond donors (Lipinski definition) is 0. The third-order valence-electron chi connectivity index (χ3n) is 2.02. The van der Waals surface area contributed by atoms with Crippen molar-refractivity contribution in [3.63, 3.8) is 0 Å². The SMILES string of the molecule is C=CN(C=NC)CCCCCCC.CC. The van der Waals surface area contributed by atoms with Gasteiger partial charge < -0.3 is 4.90 Å². The van der Waals surface area contributed by atoms with Crippen LogP contribution in [0.4, 0.5) is 0 Å². The van der Waals surface area contributed by atoms with E-state index in [9.17, 15) is 0 Å². The lowest BCUT2D eigenvalue weighted by atomic mass is 10.1. The van der Waals surface area contributed by atoms with Crippen molar-refractivity contribution in [2.24, 2.45) is 4.99 Å². The molecule has 0 N–H and O–H groups in total. The molecule has 0 radical (unpaired) electrons. The maximum atomic E-state index is 3.95. The Balaban J connectivity index is 0. The average molecular weight is 212 g/mol. The molecule has 0 atom stereocenters. The summed E-state index contributed by atoms with van der Waals surface area (Å²) in [5.74, 6) is 0. The summed E-state index contributed by atoms with van der Waals surface area (Å²) in [5, 5.41) is 0. The van der Waals surface area contributed by atoms with E-state index in [1.54, 1.807) is 7.05 Å². The average Bonchev–Trinajstić information content (AvgIpc) is 2.30. The topological polar surface area (TPSA) is 15.6 Å². The summed E-state index contributed by atoms with van der Waals surface area (Å²) in [6.45, 7) is 11.0. The number of rotatable bonds is 8. The van der Waals surface area contributed by atoms with Crippen molar-refractivity contribution in [2.75, 3.05) is 13.6 Å². The minimum absolute atomic E-state index is 1.05. The van der Waals surface area contributed by atoms with Crippen molar-refractivity contribution >= 4 is 6.34 Å². The van der Waals surface area contributed by atoms with Crippen LogP contribution in [0.25, 0.3) is 0 Å². The highest BCUT2D eigenvalue weighted by atomic mass is 15.1. The van der Waals surface area contributed by atoms with Crippen molar-refractivity contribution in [3.8, 4) is 0 Å². The minimum Gasteiger partial charge on any atom is -0.340 e. The molecular weight excluding hydrogens is 184 g/mol. The highest BCUT2D eigenvalue weighted by molar-refractivity contribution is 5.55. The first-order valence-electron chi connectivity index (χ1n) is 6.15. The molecule has 2 heteroatoms. The summed E-state index contributed by atoms with van der Waals surface area (Å²) in [6.07, 6.45) is 10.2. The molecule has 15 heavy (non-hydrogen) atoms. The first-order chi connectivity index (χ1) is 7.35. The molecule has 0 saturated carbocycles. The Bertz CT molecular complexity index is 141. The van der Waals surface area contributed by atoms with Crippen LogP contribution in [-0.4, -0.2) is 24.8 Å². The van der Waals surface area contributed by atoms with Crippen molar-refractivity contribution in [1.29, 1.82) is 0 Å². The number of nitrogens with zero attached hydrogens (tertiary/aromatic N) is 2. The van der Waals surface area contributed by atoms with Gasteiger partial charge in [-0.05, 0) is 12.6 Å². The predicted molar refractivity (Wildman–Crippen MR) is 71.4 cm³/mol. The van der Waals surface area contributed by atoms with Gasteiger partial charge in [-0.15, -0.1) is 0 Å². The lowest BCUT2D eigenvalue weighted by Gasteiger charge is -2.12. The van der Waals surface area contributed by atoms with Gasteiger partial charge in [-0.3, -0.25) is 4.99 Å². The Hall–Kier alpha value is -0.790. The van der Waals surface area contributed by atoms with Crippen LogP contribution in [0.3, 0.4) is 0 Å². The summed E-state index contributed by atoms with van der Waals surface area (Å²) in [6, 6.07) is 0. The van der Waals surface area contributed by atoms with Crippen molar-refractivity contribution < 1.29 is 0 Å². The molecule has 0 aromatic carbocycles. The first kappa shape index (κ1) is 16.6. The van der Waals surface area contributed by atoms with E-state index in [1.165, 1.54) is 32.1 Å². The van der Waals surface area contributed by atoms with E-state index in [2.05, 4.69) is 18.5 Å². The maximum absolute atomic E-state index is 3.95. The van der Waals surface area contributed by atoms with Gasteiger partial charge in [0.1, 0.15) is 0 Å². The van der Waals surface area contributed by atoms with E-state index in [0.29, 0.717) is 0 Å². The van der Waals surface area contributed by atoms with Gasteiger partial charge in [0.2, 0.25) is 0 Å². The van der Waals surface area contributed by atoms with Gasteiger partial charge in [0.25, 0.3) is 0 Å². The molecule has 0 amide bonds. The Morgan fingerprint density at radius 2 is 1.73 bits per heavy atom. The molecule has 0 saturated heterocycles. The lowest BCUT2D eigenvalue weighted by Crippen LogP contribution is -2.15. The summed E-state index contributed by atoms with van der Waals surface area (Å²) >= 11 is 0. The van der Waals surface area contributed by atoms with Crippen LogP contribution in [0.1, 0.15) is 52.9 Å². The quantitative estimate of drug-likeness (QED) is 0.336. The van der Waals surface area contributed by atoms with E-state index < -0.39 is 0 Å². The summed E-state index contributed by atoms with van der Waals surface area (Å²) in [4.78, 5) is 5.99. The van der Waals surface area contributed by atoms with Gasteiger partial charge >= 0.3 is 0 Å². The smallest absolute Gasteiger partial charge is 0.0885 e. The third kappa shape index (κ3) is 13.2. The summed E-state index contributed by atoms with van der Waals surface area (Å²) < 4.78 is 0. The first-order valence-corrected chi connectivity index (χ1v) is 6.15. The molecule has 0 aromatic rings. The van der Waals surface area contributed by atoms with Crippen LogP contribution >= 0.6 is 0 Å². The van der Waals surface area contributed by atoms with Crippen LogP contribution in [0.2, 0.25) is 0 Å². The van der Waals surface area contributed by atoms with E-state index in [4.69, 9.17) is 0 Å². The van der Waals surface area contributed by atoms with Crippen LogP contribution in [0.5, 0.6) is 0 Å². The van der Waals surface area contributed by atoms with Crippen LogP contribution in [0.15, 0.2) is 17.8 Å². The van der Waals surface area contributed by atoms with Gasteiger partial charge in [0.15, 0.2) is 0 Å². The zero-order valence-electron chi connectivity index (χ0n) is 11.0. The molecule has 90 valence electrons. The Morgan fingerprint density at radius 3 is 2.20 bits per heavy atom. The van der Waals surface area contributed by atoms with E-state index >= 15 is 0 Å². The van der Waals surface area contributed by atoms with Gasteiger partial charge in [-0.1, -0.05) is 53.0 Å². The Kier molecular flexibility index (Phi) is 17.4. The molecular formula is C13H28N2. The van der Waals surface area contributed by atoms with Gasteiger partial charge in [0.05, 0.1) is 6.34 Å². The second kappa shape index (κ2) is 15.7. The molecule has 0 aromatic heterocycles.